The second-order valence-electron chi connectivity index (χ2n) is 9.56. The Balaban J connectivity index is 1.85. The fourth-order valence-corrected chi connectivity index (χ4v) is 8.74. The first-order chi connectivity index (χ1) is 16.5. The average molecular weight is 572 g/mol. The van der Waals surface area contributed by atoms with Crippen LogP contribution >= 0.6 is 11.8 Å². The molecule has 2 unspecified atom stereocenters. The zero-order valence-corrected chi connectivity index (χ0v) is 22.7. The van der Waals surface area contributed by atoms with E-state index in [0.717, 1.165) is 0 Å². The number of piperazine rings is 1. The molecule has 14 heteroatoms. The molecule has 2 aliphatic heterocycles. The molecule has 0 spiro atoms. The standard InChI is InChI=1S/C22H32F3N3O5S3/c1-16(2)15-35(30,31)26-13-19-14-27(36(32,33)20-5-4-12-34-20)10-11-28(19)18-8-6-17(7-9-18)21(3,29)22(23,24)25/h4,6-9,12,16,19-20,26,29H,5,10-11,13-15H2,1-3H3/t19-,20?,21?/m0/s1. The molecular weight excluding hydrogens is 539 g/mol. The number of rotatable bonds is 9. The second kappa shape index (κ2) is 10.8. The molecule has 8 nitrogen and oxygen atoms in total. The lowest BCUT2D eigenvalue weighted by Crippen LogP contribution is -2.59. The molecular formula is C22H32F3N3O5S3. The van der Waals surface area contributed by atoms with Crippen LogP contribution in [-0.2, 0) is 25.6 Å². The highest BCUT2D eigenvalue weighted by atomic mass is 32.3. The van der Waals surface area contributed by atoms with Crippen molar-refractivity contribution in [2.24, 2.45) is 5.92 Å². The van der Waals surface area contributed by atoms with Crippen LogP contribution in [-0.4, -0.2) is 75.0 Å². The van der Waals surface area contributed by atoms with E-state index >= 15 is 0 Å². The van der Waals surface area contributed by atoms with Crippen molar-refractivity contribution >= 4 is 37.5 Å². The molecule has 1 fully saturated rings. The van der Waals surface area contributed by atoms with Gasteiger partial charge in [0.15, 0.2) is 5.60 Å². The van der Waals surface area contributed by atoms with Crippen molar-refractivity contribution in [1.29, 1.82) is 0 Å². The number of hydrogen-bond acceptors (Lipinski definition) is 7. The molecule has 1 aromatic carbocycles. The Bertz CT molecular complexity index is 1150. The first kappa shape index (κ1) is 29.2. The van der Waals surface area contributed by atoms with E-state index in [1.165, 1.54) is 40.3 Å². The summed E-state index contributed by atoms with van der Waals surface area (Å²) in [6.45, 7) is 4.53. The van der Waals surface area contributed by atoms with Crippen LogP contribution in [0.2, 0.25) is 0 Å². The van der Waals surface area contributed by atoms with Gasteiger partial charge in [0.1, 0.15) is 4.58 Å². The molecule has 2 heterocycles. The Hall–Kier alpha value is -1.32. The number of allylic oxidation sites excluding steroid dienone is 1. The Labute approximate surface area is 215 Å². The van der Waals surface area contributed by atoms with Gasteiger partial charge in [-0.05, 0) is 42.4 Å². The number of nitrogens with zero attached hydrogens (tertiary/aromatic N) is 2. The lowest BCUT2D eigenvalue weighted by Gasteiger charge is -2.43. The van der Waals surface area contributed by atoms with Crippen LogP contribution < -0.4 is 9.62 Å². The van der Waals surface area contributed by atoms with Crippen LogP contribution in [0.5, 0.6) is 0 Å². The lowest BCUT2D eigenvalue weighted by atomic mass is 9.95. The first-order valence-corrected chi connectivity index (χ1v) is 15.6. The molecule has 3 rings (SSSR count). The van der Waals surface area contributed by atoms with Crippen molar-refractivity contribution < 1.29 is 35.1 Å². The van der Waals surface area contributed by atoms with Gasteiger partial charge in [0.05, 0.1) is 11.8 Å². The van der Waals surface area contributed by atoms with E-state index in [1.807, 2.05) is 0 Å². The molecule has 0 saturated carbocycles. The van der Waals surface area contributed by atoms with Gasteiger partial charge in [0.25, 0.3) is 0 Å². The minimum Gasteiger partial charge on any atom is -0.376 e. The Morgan fingerprint density at radius 3 is 2.31 bits per heavy atom. The summed E-state index contributed by atoms with van der Waals surface area (Å²) < 4.78 is 94.2. The molecule has 1 saturated heterocycles. The van der Waals surface area contributed by atoms with E-state index in [-0.39, 0.29) is 43.4 Å². The van der Waals surface area contributed by atoms with Gasteiger partial charge < -0.3 is 10.0 Å². The molecule has 0 aliphatic carbocycles. The number of hydrogen-bond donors (Lipinski definition) is 2. The maximum absolute atomic E-state index is 13.2. The third-order valence-electron chi connectivity index (χ3n) is 6.20. The van der Waals surface area contributed by atoms with E-state index in [4.69, 9.17) is 0 Å². The summed E-state index contributed by atoms with van der Waals surface area (Å²) in [4.78, 5) is 1.79. The Kier molecular flexibility index (Phi) is 8.78. The molecule has 2 N–H and O–H groups in total. The van der Waals surface area contributed by atoms with Crippen molar-refractivity contribution in [3.8, 4) is 0 Å². The van der Waals surface area contributed by atoms with Crippen LogP contribution in [0.4, 0.5) is 18.9 Å². The van der Waals surface area contributed by atoms with Crippen LogP contribution in [0.25, 0.3) is 0 Å². The number of sulfonamides is 2. The lowest BCUT2D eigenvalue weighted by molar-refractivity contribution is -0.258. The second-order valence-corrected chi connectivity index (χ2v) is 14.9. The quantitative estimate of drug-likeness (QED) is 0.470. The topological polar surface area (TPSA) is 107 Å². The molecule has 0 bridgehead atoms. The Morgan fingerprint density at radius 2 is 1.78 bits per heavy atom. The summed E-state index contributed by atoms with van der Waals surface area (Å²) in [6, 6.07) is 4.60. The molecule has 0 aromatic heterocycles. The van der Waals surface area contributed by atoms with Crippen LogP contribution in [0, 0.1) is 5.92 Å². The highest BCUT2D eigenvalue weighted by molar-refractivity contribution is 8.14. The predicted octanol–water partition coefficient (Wildman–Crippen LogP) is 2.83. The summed E-state index contributed by atoms with van der Waals surface area (Å²) in [5.74, 6) is -0.199. The molecule has 0 radical (unpaired) electrons. The minimum absolute atomic E-state index is 0.0195. The summed E-state index contributed by atoms with van der Waals surface area (Å²) >= 11 is 1.22. The van der Waals surface area contributed by atoms with Crippen LogP contribution in [0.15, 0.2) is 35.7 Å². The van der Waals surface area contributed by atoms with Crippen molar-refractivity contribution in [3.05, 3.63) is 41.3 Å². The third-order valence-corrected chi connectivity index (χ3v) is 11.7. The van der Waals surface area contributed by atoms with E-state index < -0.39 is 42.4 Å². The number of thioether (sulfide) groups is 1. The van der Waals surface area contributed by atoms with E-state index in [9.17, 15) is 35.1 Å². The smallest absolute Gasteiger partial charge is 0.376 e. The fourth-order valence-electron chi connectivity index (χ4n) is 4.16. The van der Waals surface area contributed by atoms with E-state index in [0.29, 0.717) is 19.0 Å². The zero-order valence-electron chi connectivity index (χ0n) is 20.3. The van der Waals surface area contributed by atoms with Gasteiger partial charge in [-0.15, -0.1) is 11.8 Å². The monoisotopic (exact) mass is 571 g/mol. The number of aliphatic hydroxyl groups is 1. The molecule has 0 amide bonds. The van der Waals surface area contributed by atoms with Crippen LogP contribution in [0.3, 0.4) is 0 Å². The van der Waals surface area contributed by atoms with Gasteiger partial charge in [-0.25, -0.2) is 21.6 Å². The van der Waals surface area contributed by atoms with Crippen LogP contribution in [0.1, 0.15) is 32.8 Å². The van der Waals surface area contributed by atoms with E-state index in [1.54, 1.807) is 30.2 Å². The van der Waals surface area contributed by atoms with Crippen molar-refractivity contribution in [1.82, 2.24) is 9.03 Å². The molecule has 2 aliphatic rings. The number of halogens is 3. The maximum atomic E-state index is 13.2. The number of anilines is 1. The Morgan fingerprint density at radius 1 is 1.14 bits per heavy atom. The molecule has 1 aromatic rings. The molecule has 204 valence electrons. The van der Waals surface area contributed by atoms with Crippen molar-refractivity contribution in [3.63, 3.8) is 0 Å². The summed E-state index contributed by atoms with van der Waals surface area (Å²) in [5, 5.41) is 11.7. The first-order valence-electron chi connectivity index (χ1n) is 11.5. The largest absolute Gasteiger partial charge is 0.421 e. The third kappa shape index (κ3) is 6.57. The molecule has 36 heavy (non-hydrogen) atoms. The SMILES string of the molecule is CC(C)CS(=O)(=O)NC[C@H]1CN(S(=O)(=O)C2CC=CS2)CCN1c1ccc(C(C)(O)C(F)(F)F)cc1. The van der Waals surface area contributed by atoms with Crippen molar-refractivity contribution in [2.45, 2.75) is 49.6 Å². The maximum Gasteiger partial charge on any atom is 0.421 e. The minimum atomic E-state index is -4.86. The summed E-state index contributed by atoms with van der Waals surface area (Å²) in [7, 11) is -7.26. The van der Waals surface area contributed by atoms with Crippen molar-refractivity contribution in [2.75, 3.05) is 36.8 Å². The van der Waals surface area contributed by atoms with E-state index in [2.05, 4.69) is 4.72 Å². The number of nitrogens with one attached hydrogen (secondary N) is 1. The zero-order chi connectivity index (χ0) is 26.9. The van der Waals surface area contributed by atoms with Gasteiger partial charge in [-0.1, -0.05) is 32.1 Å². The predicted molar refractivity (Wildman–Crippen MR) is 135 cm³/mol. The number of benzene rings is 1. The van der Waals surface area contributed by atoms with Gasteiger partial charge in [-0.3, -0.25) is 0 Å². The highest BCUT2D eigenvalue weighted by Gasteiger charge is 2.51. The average Bonchev–Trinajstić information content (AvgIpc) is 3.32. The normalized spacial score (nSPS) is 23.8. The van der Waals surface area contributed by atoms with Gasteiger partial charge in [0, 0.05) is 31.9 Å². The van der Waals surface area contributed by atoms with Gasteiger partial charge in [0.2, 0.25) is 20.0 Å². The summed E-state index contributed by atoms with van der Waals surface area (Å²) in [5.41, 5.74) is -2.87. The highest BCUT2D eigenvalue weighted by Crippen LogP contribution is 2.39. The van der Waals surface area contributed by atoms with Gasteiger partial charge in [-0.2, -0.15) is 17.5 Å². The molecule has 3 atom stereocenters. The van der Waals surface area contributed by atoms with Gasteiger partial charge >= 0.3 is 6.18 Å². The number of alkyl halides is 3. The summed E-state index contributed by atoms with van der Waals surface area (Å²) in [6.07, 6.45) is -2.68. The fraction of sp³-hybridized carbons (Fsp3) is 0.636.